The second-order valence-corrected chi connectivity index (χ2v) is 8.27. The highest BCUT2D eigenvalue weighted by atomic mass is 16.3. The highest BCUT2D eigenvalue weighted by Gasteiger charge is 2.23. The fraction of sp³-hybridized carbons (Fsp3) is 0.435. The fourth-order valence-electron chi connectivity index (χ4n) is 3.75. The molecule has 0 amide bonds. The van der Waals surface area contributed by atoms with Gasteiger partial charge in [0.2, 0.25) is 0 Å². The van der Waals surface area contributed by atoms with Gasteiger partial charge in [-0.05, 0) is 63.9 Å². The molecule has 1 unspecified atom stereocenters. The zero-order chi connectivity index (χ0) is 20.6. The molecule has 1 heterocycles. The molecule has 5 nitrogen and oxygen atoms in total. The Labute approximate surface area is 167 Å². The third-order valence-corrected chi connectivity index (χ3v) is 5.47. The van der Waals surface area contributed by atoms with E-state index in [2.05, 4.69) is 88.3 Å². The maximum atomic E-state index is 10.7. The van der Waals surface area contributed by atoms with Crippen LogP contribution in [0.15, 0.2) is 30.3 Å². The number of phenolic OH excluding ortho intramolecular Hbond substituents is 1. The quantitative estimate of drug-likeness (QED) is 0.647. The van der Waals surface area contributed by atoms with Crippen LogP contribution in [0.3, 0.4) is 0 Å². The number of rotatable bonds is 5. The lowest BCUT2D eigenvalue weighted by Crippen LogP contribution is -2.11. The third kappa shape index (κ3) is 3.53. The summed E-state index contributed by atoms with van der Waals surface area (Å²) in [7, 11) is 0. The van der Waals surface area contributed by atoms with Gasteiger partial charge in [0.15, 0.2) is 5.82 Å². The molecule has 5 heteroatoms. The molecule has 3 aromatic rings. The number of nitrogens with zero attached hydrogens (tertiary/aromatic N) is 4. The van der Waals surface area contributed by atoms with E-state index in [1.54, 1.807) is 0 Å². The number of hydrogen-bond acceptors (Lipinski definition) is 4. The summed E-state index contributed by atoms with van der Waals surface area (Å²) in [6.45, 7) is 14.7. The monoisotopic (exact) mass is 378 g/mol. The van der Waals surface area contributed by atoms with Crippen molar-refractivity contribution in [3.63, 3.8) is 0 Å². The first-order valence-corrected chi connectivity index (χ1v) is 9.93. The second kappa shape index (κ2) is 7.74. The Morgan fingerprint density at radius 1 is 0.893 bits per heavy atom. The number of phenols is 1. The van der Waals surface area contributed by atoms with E-state index in [-0.39, 0.29) is 17.8 Å². The molecule has 1 N–H and O–H groups in total. The largest absolute Gasteiger partial charge is 0.507 e. The highest BCUT2D eigenvalue weighted by molar-refractivity contribution is 5.50. The summed E-state index contributed by atoms with van der Waals surface area (Å²) in [5.74, 6) is 1.67. The highest BCUT2D eigenvalue weighted by Crippen LogP contribution is 2.38. The molecule has 0 aliphatic rings. The summed E-state index contributed by atoms with van der Waals surface area (Å²) in [5.41, 5.74) is 6.36. The topological polar surface area (TPSA) is 63.8 Å². The maximum absolute atomic E-state index is 10.7. The Morgan fingerprint density at radius 3 is 1.93 bits per heavy atom. The minimum Gasteiger partial charge on any atom is -0.507 e. The van der Waals surface area contributed by atoms with E-state index in [9.17, 15) is 5.11 Å². The molecule has 28 heavy (non-hydrogen) atoms. The lowest BCUT2D eigenvalue weighted by atomic mass is 9.87. The standard InChI is InChI=1S/C23H30N4O/c1-13(2)19-11-18(12-20(14(3)4)22(19)28)17(7)23-24-25-26-27(23)21-15(5)9-8-10-16(21)6/h8-14,17,28H,1-7H3. The molecule has 3 rings (SSSR count). The summed E-state index contributed by atoms with van der Waals surface area (Å²) in [6.07, 6.45) is 0. The summed E-state index contributed by atoms with van der Waals surface area (Å²) in [5, 5.41) is 23.4. The van der Waals surface area contributed by atoms with E-state index < -0.39 is 0 Å². The van der Waals surface area contributed by atoms with Crippen LogP contribution in [-0.2, 0) is 0 Å². The van der Waals surface area contributed by atoms with Crippen LogP contribution < -0.4 is 0 Å². The zero-order valence-electron chi connectivity index (χ0n) is 17.9. The molecule has 0 fully saturated rings. The first-order chi connectivity index (χ1) is 13.2. The molecule has 0 radical (unpaired) electrons. The van der Waals surface area contributed by atoms with Crippen molar-refractivity contribution >= 4 is 0 Å². The molecule has 0 saturated heterocycles. The molecule has 2 aromatic carbocycles. The number of aromatic nitrogens is 4. The van der Waals surface area contributed by atoms with Gasteiger partial charge in [0.25, 0.3) is 0 Å². The van der Waals surface area contributed by atoms with E-state index in [1.165, 1.54) is 0 Å². The second-order valence-electron chi connectivity index (χ2n) is 8.27. The van der Waals surface area contributed by atoms with Crippen LogP contribution in [0.25, 0.3) is 5.69 Å². The van der Waals surface area contributed by atoms with Crippen molar-refractivity contribution in [2.24, 2.45) is 0 Å². The Bertz CT molecular complexity index is 939. The van der Waals surface area contributed by atoms with Crippen molar-refractivity contribution in [2.75, 3.05) is 0 Å². The lowest BCUT2D eigenvalue weighted by Gasteiger charge is -2.21. The Morgan fingerprint density at radius 2 is 1.43 bits per heavy atom. The van der Waals surface area contributed by atoms with Crippen molar-refractivity contribution < 1.29 is 5.11 Å². The van der Waals surface area contributed by atoms with Gasteiger partial charge in [0.05, 0.1) is 5.69 Å². The summed E-state index contributed by atoms with van der Waals surface area (Å²) in [6, 6.07) is 10.4. The Hall–Kier alpha value is -2.69. The van der Waals surface area contributed by atoms with E-state index >= 15 is 0 Å². The third-order valence-electron chi connectivity index (χ3n) is 5.47. The van der Waals surface area contributed by atoms with E-state index in [0.717, 1.165) is 39.3 Å². The minimum atomic E-state index is -0.00962. The van der Waals surface area contributed by atoms with Crippen molar-refractivity contribution in [3.8, 4) is 11.4 Å². The van der Waals surface area contributed by atoms with Gasteiger partial charge >= 0.3 is 0 Å². The van der Waals surface area contributed by atoms with Crippen LogP contribution in [0, 0.1) is 13.8 Å². The van der Waals surface area contributed by atoms with Gasteiger partial charge in [-0.2, -0.15) is 4.68 Å². The lowest BCUT2D eigenvalue weighted by molar-refractivity contribution is 0.454. The van der Waals surface area contributed by atoms with Crippen LogP contribution in [0.2, 0.25) is 0 Å². The average Bonchev–Trinajstić information content (AvgIpc) is 3.10. The van der Waals surface area contributed by atoms with Crippen molar-refractivity contribution in [1.29, 1.82) is 0 Å². The molecule has 0 bridgehead atoms. The Kier molecular flexibility index (Phi) is 5.54. The van der Waals surface area contributed by atoms with E-state index in [0.29, 0.717) is 5.75 Å². The molecule has 148 valence electrons. The van der Waals surface area contributed by atoms with Crippen LogP contribution in [0.4, 0.5) is 0 Å². The smallest absolute Gasteiger partial charge is 0.163 e. The number of tetrazole rings is 1. The predicted molar refractivity (Wildman–Crippen MR) is 112 cm³/mol. The molecular formula is C23H30N4O. The fourth-order valence-corrected chi connectivity index (χ4v) is 3.75. The molecular weight excluding hydrogens is 348 g/mol. The number of hydrogen-bond donors (Lipinski definition) is 1. The van der Waals surface area contributed by atoms with Gasteiger partial charge in [-0.1, -0.05) is 65.0 Å². The van der Waals surface area contributed by atoms with Gasteiger partial charge < -0.3 is 5.11 Å². The SMILES string of the molecule is Cc1cccc(C)c1-n1nnnc1C(C)c1cc(C(C)C)c(O)c(C(C)C)c1. The van der Waals surface area contributed by atoms with Crippen LogP contribution >= 0.6 is 0 Å². The number of benzene rings is 2. The Balaban J connectivity index is 2.15. The van der Waals surface area contributed by atoms with Crippen molar-refractivity contribution in [1.82, 2.24) is 20.2 Å². The average molecular weight is 379 g/mol. The van der Waals surface area contributed by atoms with Gasteiger partial charge in [-0.15, -0.1) is 5.10 Å². The van der Waals surface area contributed by atoms with Crippen molar-refractivity contribution in [3.05, 3.63) is 64.0 Å². The molecule has 0 aliphatic heterocycles. The molecule has 1 atom stereocenters. The number of aryl methyl sites for hydroxylation is 2. The first kappa shape index (κ1) is 20.1. The number of aromatic hydroxyl groups is 1. The summed E-state index contributed by atoms with van der Waals surface area (Å²) in [4.78, 5) is 0. The minimum absolute atomic E-state index is 0.00962. The maximum Gasteiger partial charge on any atom is 0.163 e. The molecule has 0 aliphatic carbocycles. The van der Waals surface area contributed by atoms with Crippen LogP contribution in [0.5, 0.6) is 5.75 Å². The zero-order valence-corrected chi connectivity index (χ0v) is 17.9. The van der Waals surface area contributed by atoms with Gasteiger partial charge in [-0.25, -0.2) is 0 Å². The van der Waals surface area contributed by atoms with Gasteiger partial charge in [0.1, 0.15) is 5.75 Å². The van der Waals surface area contributed by atoms with E-state index in [4.69, 9.17) is 0 Å². The van der Waals surface area contributed by atoms with Gasteiger partial charge in [-0.3, -0.25) is 0 Å². The molecule has 1 aromatic heterocycles. The van der Waals surface area contributed by atoms with Crippen molar-refractivity contribution in [2.45, 2.75) is 66.2 Å². The van der Waals surface area contributed by atoms with E-state index in [1.807, 2.05) is 10.7 Å². The molecule has 0 saturated carbocycles. The summed E-state index contributed by atoms with van der Waals surface area (Å²) >= 11 is 0. The predicted octanol–water partition coefficient (Wildman–Crippen LogP) is 5.38. The number of para-hydroxylation sites is 1. The molecule has 0 spiro atoms. The normalized spacial score (nSPS) is 12.8. The van der Waals surface area contributed by atoms with Crippen LogP contribution in [-0.4, -0.2) is 25.3 Å². The summed E-state index contributed by atoms with van der Waals surface area (Å²) < 4.78 is 1.85. The van der Waals surface area contributed by atoms with Crippen LogP contribution in [0.1, 0.15) is 86.0 Å². The first-order valence-electron chi connectivity index (χ1n) is 9.93. The van der Waals surface area contributed by atoms with Gasteiger partial charge in [0, 0.05) is 5.92 Å².